The van der Waals surface area contributed by atoms with E-state index < -0.39 is 86.2 Å². The molecule has 4 amide bonds. The second-order valence-corrected chi connectivity index (χ2v) is 19.1. The van der Waals surface area contributed by atoms with Gasteiger partial charge in [-0.2, -0.15) is 0 Å². The molecule has 1 aromatic carbocycles. The summed E-state index contributed by atoms with van der Waals surface area (Å²) in [5.74, 6) is -5.36. The van der Waals surface area contributed by atoms with Crippen LogP contribution in [-0.2, 0) is 29.1 Å². The van der Waals surface area contributed by atoms with Crippen molar-refractivity contribution in [2.75, 3.05) is 19.8 Å². The Balaban J connectivity index is 1.24. The lowest BCUT2D eigenvalue weighted by molar-refractivity contribution is -0.152. The van der Waals surface area contributed by atoms with Crippen molar-refractivity contribution in [1.29, 1.82) is 0 Å². The first kappa shape index (κ1) is 42.4. The van der Waals surface area contributed by atoms with E-state index in [2.05, 4.69) is 20.3 Å². The molecular formula is C41H53F2N5O10S. The zero-order valence-electron chi connectivity index (χ0n) is 33.9. The number of alkyl carbamates (subject to hydrolysis) is 1. The SMILES string of the molecule is CC[C@@H]1C[C@@H](C)CC/C=C\C2C[C@@]2(C(=O)NS(=O)(=O)C2CC2)NC(=O)[C@@H]2C[C@@H](Oc3nccc4c5c(ccc34)OCCO5)CN2C(=O)[C@H]1NC(=O)OC(C)(C)C(C)(F)F. The molecule has 1 saturated heterocycles. The van der Waals surface area contributed by atoms with Crippen LogP contribution in [0.1, 0.15) is 86.0 Å². The van der Waals surface area contributed by atoms with E-state index in [1.54, 1.807) is 24.4 Å². The third-order valence-electron chi connectivity index (χ3n) is 12.3. The summed E-state index contributed by atoms with van der Waals surface area (Å²) in [6.07, 6.45) is 6.26. The number of hydrogen-bond acceptors (Lipinski definition) is 11. The van der Waals surface area contributed by atoms with Crippen molar-refractivity contribution < 1.29 is 55.3 Å². The lowest BCUT2D eigenvalue weighted by Crippen LogP contribution is -2.59. The number of aromatic nitrogens is 1. The Morgan fingerprint density at radius 3 is 2.53 bits per heavy atom. The monoisotopic (exact) mass is 845 g/mol. The summed E-state index contributed by atoms with van der Waals surface area (Å²) in [5, 5.41) is 6.03. The first-order chi connectivity index (χ1) is 27.8. The van der Waals surface area contributed by atoms with Crippen molar-refractivity contribution in [2.45, 2.75) is 126 Å². The zero-order chi connectivity index (χ0) is 42.5. The summed E-state index contributed by atoms with van der Waals surface area (Å²) in [4.78, 5) is 62.6. The van der Waals surface area contributed by atoms with Gasteiger partial charge in [0.25, 0.3) is 11.8 Å². The lowest BCUT2D eigenvalue weighted by Gasteiger charge is -2.35. The van der Waals surface area contributed by atoms with E-state index in [0.29, 0.717) is 80.9 Å². The molecule has 3 aliphatic heterocycles. The van der Waals surface area contributed by atoms with Crippen LogP contribution in [0.4, 0.5) is 13.6 Å². The normalized spacial score (nSPS) is 29.5. The van der Waals surface area contributed by atoms with Gasteiger partial charge in [0.1, 0.15) is 36.9 Å². The van der Waals surface area contributed by atoms with Crippen molar-refractivity contribution in [1.82, 2.24) is 25.2 Å². The Morgan fingerprint density at radius 2 is 1.81 bits per heavy atom. The van der Waals surface area contributed by atoms with Crippen LogP contribution in [0.3, 0.4) is 0 Å². The maximum atomic E-state index is 15.0. The first-order valence-corrected chi connectivity index (χ1v) is 21.9. The van der Waals surface area contributed by atoms with E-state index in [-0.39, 0.29) is 31.2 Å². The lowest BCUT2D eigenvalue weighted by atomic mass is 9.85. The molecule has 7 atom stereocenters. The minimum atomic E-state index is -3.96. The fourth-order valence-electron chi connectivity index (χ4n) is 8.18. The Morgan fingerprint density at radius 1 is 1.07 bits per heavy atom. The van der Waals surface area contributed by atoms with Crippen LogP contribution < -0.4 is 29.6 Å². The van der Waals surface area contributed by atoms with Gasteiger partial charge in [-0.1, -0.05) is 32.4 Å². The van der Waals surface area contributed by atoms with E-state index in [1.165, 1.54) is 4.90 Å². The highest BCUT2D eigenvalue weighted by Crippen LogP contribution is 2.47. The molecule has 322 valence electrons. The standard InChI is InChI=1S/C41H53F2N5O10S/c1-6-24-19-23(2)9-7-8-10-25-21-41(25,37(51)47-59(53,54)27-11-12-27)46-34(49)30-20-26(22-48(30)36(50)32(24)45-38(52)58-39(3,4)40(5,42)43)57-35-29-13-14-31-33(56-18-17-55-31)28(29)15-16-44-35/h8,10,13-16,23-27,30,32H,6-7,9,11-12,17-22H2,1-5H3,(H,45,52)(H,46,49)(H,47,51)/b10-8-/t23-,24+,25?,26+,30-,32-,41+/m0/s1. The number of nitrogens with one attached hydrogen (secondary N) is 3. The Bertz CT molecular complexity index is 2130. The molecule has 2 saturated carbocycles. The molecule has 3 N–H and O–H groups in total. The van der Waals surface area contributed by atoms with Crippen LogP contribution >= 0.6 is 0 Å². The number of ether oxygens (including phenoxy) is 4. The van der Waals surface area contributed by atoms with Gasteiger partial charge in [0.15, 0.2) is 17.1 Å². The molecule has 59 heavy (non-hydrogen) atoms. The van der Waals surface area contributed by atoms with Crippen molar-refractivity contribution in [3.63, 3.8) is 0 Å². The number of benzene rings is 1. The number of rotatable bonds is 9. The maximum absolute atomic E-state index is 15.0. The van der Waals surface area contributed by atoms with E-state index in [9.17, 15) is 36.4 Å². The van der Waals surface area contributed by atoms with Crippen LogP contribution in [-0.4, -0.2) is 102 Å². The van der Waals surface area contributed by atoms with Gasteiger partial charge in [0.2, 0.25) is 27.7 Å². The molecule has 2 aliphatic carbocycles. The minimum absolute atomic E-state index is 0.0259. The van der Waals surface area contributed by atoms with Crippen LogP contribution in [0.15, 0.2) is 36.5 Å². The number of hydrogen-bond donors (Lipinski definition) is 3. The highest BCUT2D eigenvalue weighted by atomic mass is 32.2. The molecule has 4 heterocycles. The molecule has 3 fully saturated rings. The highest BCUT2D eigenvalue weighted by molar-refractivity contribution is 7.91. The molecule has 0 spiro atoms. The van der Waals surface area contributed by atoms with Crippen LogP contribution in [0, 0.1) is 17.8 Å². The average molecular weight is 846 g/mol. The predicted octanol–water partition coefficient (Wildman–Crippen LogP) is 4.77. The molecule has 1 aromatic heterocycles. The maximum Gasteiger partial charge on any atom is 0.408 e. The summed E-state index contributed by atoms with van der Waals surface area (Å²) in [7, 11) is -3.96. The Hall–Kier alpha value is -4.74. The molecule has 5 aliphatic rings. The topological polar surface area (TPSA) is 192 Å². The molecule has 7 rings (SSSR count). The van der Waals surface area contributed by atoms with Crippen molar-refractivity contribution in [3.05, 3.63) is 36.5 Å². The van der Waals surface area contributed by atoms with E-state index in [1.807, 2.05) is 26.0 Å². The van der Waals surface area contributed by atoms with Crippen LogP contribution in [0.5, 0.6) is 17.4 Å². The number of pyridine rings is 1. The molecule has 2 aromatic rings. The smallest absolute Gasteiger partial charge is 0.408 e. The molecule has 0 bridgehead atoms. The van der Waals surface area contributed by atoms with Gasteiger partial charge in [-0.05, 0) is 82.4 Å². The fraction of sp³-hybridized carbons (Fsp3) is 0.634. The number of amides is 4. The van der Waals surface area contributed by atoms with Gasteiger partial charge in [-0.25, -0.2) is 27.0 Å². The Kier molecular flexibility index (Phi) is 11.5. The Labute approximate surface area is 342 Å². The van der Waals surface area contributed by atoms with E-state index >= 15 is 0 Å². The van der Waals surface area contributed by atoms with Crippen LogP contribution in [0.2, 0.25) is 0 Å². The number of nitrogens with zero attached hydrogens (tertiary/aromatic N) is 2. The average Bonchev–Trinajstić information content (AvgIpc) is 4.10. The number of halogens is 2. The molecular weight excluding hydrogens is 793 g/mol. The summed E-state index contributed by atoms with van der Waals surface area (Å²) < 4.78 is 80.3. The summed E-state index contributed by atoms with van der Waals surface area (Å²) in [5.41, 5.74) is -3.82. The zero-order valence-corrected chi connectivity index (χ0v) is 34.7. The van der Waals surface area contributed by atoms with Crippen LogP contribution in [0.25, 0.3) is 10.8 Å². The third-order valence-corrected chi connectivity index (χ3v) is 14.2. The second-order valence-electron chi connectivity index (χ2n) is 17.2. The molecule has 0 radical (unpaired) electrons. The van der Waals surface area contributed by atoms with Crippen molar-refractivity contribution >= 4 is 44.6 Å². The van der Waals surface area contributed by atoms with Gasteiger partial charge in [-0.15, -0.1) is 0 Å². The number of carbonyl (C=O) groups excluding carboxylic acids is 4. The highest BCUT2D eigenvalue weighted by Gasteiger charge is 2.62. The second kappa shape index (κ2) is 16.0. The molecule has 15 nitrogen and oxygen atoms in total. The number of carbonyl (C=O) groups is 4. The van der Waals surface area contributed by atoms with Crippen molar-refractivity contribution in [2.24, 2.45) is 17.8 Å². The minimum Gasteiger partial charge on any atom is -0.486 e. The number of fused-ring (bicyclic) bond motifs is 5. The largest absolute Gasteiger partial charge is 0.486 e. The van der Waals surface area contributed by atoms with E-state index in [0.717, 1.165) is 13.8 Å². The van der Waals surface area contributed by atoms with Gasteiger partial charge in [0.05, 0.1) is 11.8 Å². The van der Waals surface area contributed by atoms with Gasteiger partial charge >= 0.3 is 6.09 Å². The molecule has 1 unspecified atom stereocenters. The summed E-state index contributed by atoms with van der Waals surface area (Å²) in [6, 6.07) is 2.71. The third kappa shape index (κ3) is 8.78. The number of sulfonamides is 1. The van der Waals surface area contributed by atoms with Gasteiger partial charge < -0.3 is 34.5 Å². The number of alkyl halides is 2. The quantitative estimate of drug-likeness (QED) is 0.295. The van der Waals surface area contributed by atoms with Gasteiger partial charge in [-0.3, -0.25) is 19.1 Å². The van der Waals surface area contributed by atoms with Crippen molar-refractivity contribution in [3.8, 4) is 17.4 Å². The predicted molar refractivity (Wildman–Crippen MR) is 210 cm³/mol. The molecule has 18 heteroatoms. The van der Waals surface area contributed by atoms with E-state index in [4.69, 9.17) is 18.9 Å². The van der Waals surface area contributed by atoms with Gasteiger partial charge in [0, 0.05) is 36.2 Å². The summed E-state index contributed by atoms with van der Waals surface area (Å²) in [6.45, 7) is 7.23. The number of allylic oxidation sites excluding steroid dienone is 1. The first-order valence-electron chi connectivity index (χ1n) is 20.4. The summed E-state index contributed by atoms with van der Waals surface area (Å²) >= 11 is 0. The fourth-order valence-corrected chi connectivity index (χ4v) is 9.55.